The van der Waals surface area contributed by atoms with Gasteiger partial charge in [-0.3, -0.25) is 4.79 Å². The van der Waals surface area contributed by atoms with Crippen LogP contribution in [0.15, 0.2) is 46.0 Å². The number of carbonyl (C=O) groups is 1. The van der Waals surface area contributed by atoms with Gasteiger partial charge in [0.25, 0.3) is 0 Å². The van der Waals surface area contributed by atoms with E-state index in [1.54, 1.807) is 0 Å². The molecule has 0 fully saturated rings. The fraction of sp³-hybridized carbons (Fsp3) is 0.231. The number of hydrogen-bond acceptors (Lipinski definition) is 7. The number of anilines is 1. The van der Waals surface area contributed by atoms with Crippen molar-refractivity contribution in [3.05, 3.63) is 36.6 Å². The molecule has 10 heteroatoms. The molecule has 0 spiro atoms. The molecule has 1 aromatic heterocycles. The first-order valence-electron chi connectivity index (χ1n) is 6.45. The van der Waals surface area contributed by atoms with E-state index in [0.717, 1.165) is 0 Å². The van der Waals surface area contributed by atoms with Crippen molar-refractivity contribution in [2.75, 3.05) is 19.0 Å². The number of sulfonamides is 1. The van der Waals surface area contributed by atoms with Crippen LogP contribution in [0.5, 0.6) is 5.75 Å². The van der Waals surface area contributed by atoms with Crippen LogP contribution in [0.2, 0.25) is 0 Å². The Morgan fingerprint density at radius 1 is 1.35 bits per heavy atom. The third-order valence-electron chi connectivity index (χ3n) is 2.86. The van der Waals surface area contributed by atoms with E-state index in [1.807, 2.05) is 0 Å². The lowest BCUT2D eigenvalue weighted by Gasteiger charge is -2.15. The van der Waals surface area contributed by atoms with Gasteiger partial charge in [0.15, 0.2) is 5.82 Å². The van der Waals surface area contributed by atoms with Crippen molar-refractivity contribution in [1.29, 1.82) is 0 Å². The molecule has 2 aromatic rings. The monoisotopic (exact) mass is 341 g/mol. The summed E-state index contributed by atoms with van der Waals surface area (Å²) in [5, 5.41) is 15.0. The Bertz CT molecular complexity index is 743. The summed E-state index contributed by atoms with van der Waals surface area (Å²) < 4.78 is 36.1. The molecule has 23 heavy (non-hydrogen) atoms. The van der Waals surface area contributed by atoms with Gasteiger partial charge in [0, 0.05) is 6.07 Å². The Morgan fingerprint density at radius 2 is 2.04 bits per heavy atom. The van der Waals surface area contributed by atoms with Crippen molar-refractivity contribution in [2.24, 2.45) is 0 Å². The highest BCUT2D eigenvalue weighted by molar-refractivity contribution is 7.89. The zero-order chi connectivity index (χ0) is 16.9. The quantitative estimate of drug-likeness (QED) is 0.644. The minimum absolute atomic E-state index is 0.0639. The standard InChI is InChI=1S/C13H15N3O6S/c1-21-9-2-4-10(5-3-9)23(19,20)16-11(8-17)13(18)14-12-6-7-22-15-12/h2-7,11,16-17H,8H2,1H3,(H,14,15,18)/t11-/m0/s1. The lowest BCUT2D eigenvalue weighted by atomic mass is 10.3. The van der Waals surface area contributed by atoms with Gasteiger partial charge in [-0.25, -0.2) is 8.42 Å². The minimum atomic E-state index is -3.99. The number of aromatic nitrogens is 1. The molecule has 1 atom stereocenters. The van der Waals surface area contributed by atoms with Crippen LogP contribution in [0.1, 0.15) is 0 Å². The number of rotatable bonds is 7. The molecule has 0 unspecified atom stereocenters. The number of nitrogens with one attached hydrogen (secondary N) is 2. The first kappa shape index (κ1) is 16.9. The van der Waals surface area contributed by atoms with Gasteiger partial charge in [0.2, 0.25) is 15.9 Å². The van der Waals surface area contributed by atoms with Crippen molar-refractivity contribution in [3.8, 4) is 5.75 Å². The Balaban J connectivity index is 2.10. The summed E-state index contributed by atoms with van der Waals surface area (Å²) in [4.78, 5) is 11.9. The van der Waals surface area contributed by atoms with Gasteiger partial charge >= 0.3 is 0 Å². The van der Waals surface area contributed by atoms with Crippen molar-refractivity contribution < 1.29 is 27.6 Å². The fourth-order valence-electron chi connectivity index (χ4n) is 1.67. The highest BCUT2D eigenvalue weighted by atomic mass is 32.2. The van der Waals surface area contributed by atoms with Crippen molar-refractivity contribution in [3.63, 3.8) is 0 Å². The number of aliphatic hydroxyl groups is 1. The van der Waals surface area contributed by atoms with Crippen LogP contribution < -0.4 is 14.8 Å². The van der Waals surface area contributed by atoms with E-state index in [0.29, 0.717) is 5.75 Å². The van der Waals surface area contributed by atoms with E-state index >= 15 is 0 Å². The molecule has 0 saturated carbocycles. The molecule has 0 saturated heterocycles. The second kappa shape index (κ2) is 7.22. The van der Waals surface area contributed by atoms with Crippen molar-refractivity contribution in [2.45, 2.75) is 10.9 Å². The van der Waals surface area contributed by atoms with Gasteiger partial charge in [-0.2, -0.15) is 4.72 Å². The van der Waals surface area contributed by atoms with Crippen molar-refractivity contribution in [1.82, 2.24) is 9.88 Å². The molecule has 0 aliphatic rings. The molecule has 2 rings (SSSR count). The van der Waals surface area contributed by atoms with E-state index in [2.05, 4.69) is 19.7 Å². The highest BCUT2D eigenvalue weighted by Gasteiger charge is 2.25. The first-order valence-corrected chi connectivity index (χ1v) is 7.93. The van der Waals surface area contributed by atoms with E-state index in [4.69, 9.17) is 4.74 Å². The summed E-state index contributed by atoms with van der Waals surface area (Å²) >= 11 is 0. The van der Waals surface area contributed by atoms with Crippen LogP contribution in [-0.4, -0.2) is 44.3 Å². The van der Waals surface area contributed by atoms with Gasteiger partial charge in [0.1, 0.15) is 18.1 Å². The van der Waals surface area contributed by atoms with Crippen LogP contribution in [0.3, 0.4) is 0 Å². The van der Waals surface area contributed by atoms with E-state index in [1.165, 1.54) is 43.7 Å². The first-order chi connectivity index (χ1) is 11.0. The number of aliphatic hydroxyl groups excluding tert-OH is 1. The molecule has 0 aliphatic heterocycles. The maximum absolute atomic E-state index is 12.2. The summed E-state index contributed by atoms with van der Waals surface area (Å²) in [6.45, 7) is -0.723. The topological polar surface area (TPSA) is 131 Å². The van der Waals surface area contributed by atoms with Gasteiger partial charge in [0.05, 0.1) is 18.6 Å². The van der Waals surface area contributed by atoms with Gasteiger partial charge < -0.3 is 19.7 Å². The van der Waals surface area contributed by atoms with Crippen LogP contribution in [0, 0.1) is 0 Å². The van der Waals surface area contributed by atoms with E-state index in [-0.39, 0.29) is 10.7 Å². The number of methoxy groups -OCH3 is 1. The summed E-state index contributed by atoms with van der Waals surface area (Å²) in [7, 11) is -2.53. The zero-order valence-electron chi connectivity index (χ0n) is 12.1. The average molecular weight is 341 g/mol. The molecule has 0 bridgehead atoms. The second-order valence-corrected chi connectivity index (χ2v) is 6.12. The molecule has 1 amide bonds. The molecule has 0 radical (unpaired) electrons. The molecule has 0 aliphatic carbocycles. The minimum Gasteiger partial charge on any atom is -0.497 e. The van der Waals surface area contributed by atoms with Crippen LogP contribution in [-0.2, 0) is 14.8 Å². The zero-order valence-corrected chi connectivity index (χ0v) is 12.9. The van der Waals surface area contributed by atoms with Crippen LogP contribution in [0.4, 0.5) is 5.82 Å². The van der Waals surface area contributed by atoms with Crippen LogP contribution in [0.25, 0.3) is 0 Å². The summed E-state index contributed by atoms with van der Waals surface area (Å²) in [5.41, 5.74) is 0. The molecule has 1 heterocycles. The third kappa shape index (κ3) is 4.28. The van der Waals surface area contributed by atoms with Gasteiger partial charge in [-0.1, -0.05) is 5.16 Å². The summed E-state index contributed by atoms with van der Waals surface area (Å²) in [6, 6.07) is 5.59. The average Bonchev–Trinajstić information content (AvgIpc) is 3.05. The lowest BCUT2D eigenvalue weighted by Crippen LogP contribution is -2.46. The Morgan fingerprint density at radius 3 is 2.57 bits per heavy atom. The SMILES string of the molecule is COc1ccc(S(=O)(=O)N[C@@H](CO)C(=O)Nc2ccon2)cc1. The summed E-state index contributed by atoms with van der Waals surface area (Å²) in [5.74, 6) is -0.165. The predicted molar refractivity (Wildman–Crippen MR) is 79.3 cm³/mol. The molecule has 124 valence electrons. The number of benzene rings is 1. The smallest absolute Gasteiger partial charge is 0.246 e. The Hall–Kier alpha value is -2.43. The predicted octanol–water partition coefficient (Wildman–Crippen LogP) is -0.0389. The van der Waals surface area contributed by atoms with Gasteiger partial charge in [-0.15, -0.1) is 0 Å². The third-order valence-corrected chi connectivity index (χ3v) is 4.34. The maximum Gasteiger partial charge on any atom is 0.246 e. The number of carbonyl (C=O) groups excluding carboxylic acids is 1. The van der Waals surface area contributed by atoms with Crippen LogP contribution >= 0.6 is 0 Å². The van der Waals surface area contributed by atoms with Crippen molar-refractivity contribution >= 4 is 21.7 Å². The second-order valence-electron chi connectivity index (χ2n) is 4.41. The number of ether oxygens (including phenoxy) is 1. The lowest BCUT2D eigenvalue weighted by molar-refractivity contribution is -0.118. The van der Waals surface area contributed by atoms with E-state index in [9.17, 15) is 18.3 Å². The fourth-order valence-corrected chi connectivity index (χ4v) is 2.86. The normalized spacial score (nSPS) is 12.6. The molecular weight excluding hydrogens is 326 g/mol. The highest BCUT2D eigenvalue weighted by Crippen LogP contribution is 2.15. The van der Waals surface area contributed by atoms with Gasteiger partial charge in [-0.05, 0) is 24.3 Å². The molecule has 1 aromatic carbocycles. The Labute approximate surface area is 132 Å². The number of nitrogens with zero attached hydrogens (tertiary/aromatic N) is 1. The number of hydrogen-bond donors (Lipinski definition) is 3. The Kier molecular flexibility index (Phi) is 5.32. The number of amides is 1. The molecular formula is C13H15N3O6S. The largest absolute Gasteiger partial charge is 0.497 e. The molecule has 9 nitrogen and oxygen atoms in total. The maximum atomic E-state index is 12.2. The molecule has 3 N–H and O–H groups in total. The van der Waals surface area contributed by atoms with E-state index < -0.39 is 28.6 Å². The summed E-state index contributed by atoms with van der Waals surface area (Å²) in [6.07, 6.45) is 1.24.